The Morgan fingerprint density at radius 3 is 2.00 bits per heavy atom. The number of fused-ring (bicyclic) bond motifs is 5. The summed E-state index contributed by atoms with van der Waals surface area (Å²) in [6.07, 6.45) is 32.8. The molecular formula is C47H80N2O3. The number of esters is 1. The Morgan fingerprint density at radius 1 is 0.750 bits per heavy atom. The summed E-state index contributed by atoms with van der Waals surface area (Å²) in [5, 5.41) is 0. The van der Waals surface area contributed by atoms with Crippen LogP contribution in [-0.4, -0.2) is 18.7 Å². The van der Waals surface area contributed by atoms with Crippen molar-refractivity contribution in [3.8, 4) is 0 Å². The van der Waals surface area contributed by atoms with E-state index in [0.717, 1.165) is 48.0 Å². The van der Waals surface area contributed by atoms with Gasteiger partial charge in [0.25, 0.3) is 0 Å². The summed E-state index contributed by atoms with van der Waals surface area (Å²) in [7, 11) is 0. The molecule has 0 aromatic heterocycles. The van der Waals surface area contributed by atoms with Crippen molar-refractivity contribution >= 4 is 17.3 Å². The zero-order valence-corrected chi connectivity index (χ0v) is 34.2. The van der Waals surface area contributed by atoms with Crippen LogP contribution >= 0.6 is 0 Å². The largest absolute Gasteiger partial charge is 0.466 e. The predicted molar refractivity (Wildman–Crippen MR) is 219 cm³/mol. The number of anilines is 2. The number of rotatable bonds is 22. The SMILES string of the molecule is CCCCCCCCCCCCCCCCOC(=O)CC[C@@H](C)[C@H]1CC[C@H]2[C@@H]3CCC4CC(OCc5cc(N)cc(N)c5)CC[C@]4(C)[C@H]3CC[C@]12C. The first-order valence-electron chi connectivity index (χ1n) is 22.6. The Balaban J connectivity index is 0.955. The van der Waals surface area contributed by atoms with Gasteiger partial charge < -0.3 is 20.9 Å². The van der Waals surface area contributed by atoms with Crippen LogP contribution in [0.15, 0.2) is 18.2 Å². The van der Waals surface area contributed by atoms with E-state index < -0.39 is 0 Å². The second-order valence-corrected chi connectivity index (χ2v) is 18.9. The molecule has 4 N–H and O–H groups in total. The lowest BCUT2D eigenvalue weighted by atomic mass is 9.44. The lowest BCUT2D eigenvalue weighted by molar-refractivity contribution is -0.145. The maximum absolute atomic E-state index is 12.7. The van der Waals surface area contributed by atoms with Crippen LogP contribution < -0.4 is 11.5 Å². The highest BCUT2D eigenvalue weighted by Gasteiger charge is 2.60. The summed E-state index contributed by atoms with van der Waals surface area (Å²) >= 11 is 0. The predicted octanol–water partition coefficient (Wildman–Crippen LogP) is 12.8. The molecule has 1 aromatic carbocycles. The van der Waals surface area contributed by atoms with Crippen molar-refractivity contribution in [1.82, 2.24) is 0 Å². The van der Waals surface area contributed by atoms with Gasteiger partial charge in [0.05, 0.1) is 19.3 Å². The molecule has 0 radical (unpaired) electrons. The molecule has 9 atom stereocenters. The highest BCUT2D eigenvalue weighted by atomic mass is 16.5. The molecule has 4 aliphatic carbocycles. The van der Waals surface area contributed by atoms with Crippen molar-refractivity contribution in [2.24, 2.45) is 46.3 Å². The van der Waals surface area contributed by atoms with E-state index in [0.29, 0.717) is 53.9 Å². The molecule has 4 saturated carbocycles. The summed E-state index contributed by atoms with van der Waals surface area (Å²) in [5.41, 5.74) is 15.5. The lowest BCUT2D eigenvalue weighted by Crippen LogP contribution is -2.54. The van der Waals surface area contributed by atoms with Crippen molar-refractivity contribution in [2.45, 2.75) is 201 Å². The molecule has 4 aliphatic rings. The van der Waals surface area contributed by atoms with Crippen LogP contribution in [-0.2, 0) is 20.9 Å². The minimum Gasteiger partial charge on any atom is -0.466 e. The molecule has 4 fully saturated rings. The van der Waals surface area contributed by atoms with Gasteiger partial charge in [0.1, 0.15) is 0 Å². The number of nitrogens with two attached hydrogens (primary N) is 2. The van der Waals surface area contributed by atoms with Crippen molar-refractivity contribution in [1.29, 1.82) is 0 Å². The lowest BCUT2D eigenvalue weighted by Gasteiger charge is -2.61. The van der Waals surface area contributed by atoms with E-state index in [1.165, 1.54) is 141 Å². The van der Waals surface area contributed by atoms with Crippen LogP contribution in [0.1, 0.15) is 194 Å². The topological polar surface area (TPSA) is 87.6 Å². The maximum Gasteiger partial charge on any atom is 0.305 e. The first-order chi connectivity index (χ1) is 25.1. The Morgan fingerprint density at radius 2 is 1.35 bits per heavy atom. The highest BCUT2D eigenvalue weighted by molar-refractivity contribution is 5.69. The van der Waals surface area contributed by atoms with Crippen molar-refractivity contribution in [2.75, 3.05) is 18.1 Å². The number of hydrogen-bond donors (Lipinski definition) is 2. The van der Waals surface area contributed by atoms with Crippen molar-refractivity contribution in [3.63, 3.8) is 0 Å². The molecule has 296 valence electrons. The molecular weight excluding hydrogens is 641 g/mol. The van der Waals surface area contributed by atoms with E-state index in [4.69, 9.17) is 20.9 Å². The Kier molecular flexibility index (Phi) is 16.1. The van der Waals surface area contributed by atoms with E-state index in [9.17, 15) is 4.79 Å². The van der Waals surface area contributed by atoms with E-state index in [1.807, 2.05) is 18.2 Å². The average Bonchev–Trinajstić information content (AvgIpc) is 3.48. The van der Waals surface area contributed by atoms with Crippen molar-refractivity contribution < 1.29 is 14.3 Å². The van der Waals surface area contributed by atoms with Crippen molar-refractivity contribution in [3.05, 3.63) is 23.8 Å². The third-order valence-electron chi connectivity index (χ3n) is 15.5. The van der Waals surface area contributed by atoms with E-state index in [1.54, 1.807) is 0 Å². The Hall–Kier alpha value is -1.75. The zero-order chi connectivity index (χ0) is 37.0. The number of ether oxygens (including phenoxy) is 2. The van der Waals surface area contributed by atoms with Crippen LogP contribution in [0, 0.1) is 46.3 Å². The minimum atomic E-state index is 0.0350. The molecule has 2 unspecified atom stereocenters. The average molecular weight is 721 g/mol. The fourth-order valence-electron chi connectivity index (χ4n) is 12.5. The molecule has 52 heavy (non-hydrogen) atoms. The molecule has 5 rings (SSSR count). The molecule has 0 aliphatic heterocycles. The van der Waals surface area contributed by atoms with Crippen LogP contribution in [0.25, 0.3) is 0 Å². The van der Waals surface area contributed by atoms with Gasteiger partial charge in [-0.1, -0.05) is 111 Å². The molecule has 5 nitrogen and oxygen atoms in total. The second-order valence-electron chi connectivity index (χ2n) is 18.9. The quantitative estimate of drug-likeness (QED) is 0.0707. The van der Waals surface area contributed by atoms with Gasteiger partial charge in [-0.05, 0) is 141 Å². The van der Waals surface area contributed by atoms with Crippen LogP contribution in [0.5, 0.6) is 0 Å². The van der Waals surface area contributed by atoms with E-state index >= 15 is 0 Å². The van der Waals surface area contributed by atoms with Gasteiger partial charge in [0.15, 0.2) is 0 Å². The number of carbonyl (C=O) groups is 1. The summed E-state index contributed by atoms with van der Waals surface area (Å²) in [4.78, 5) is 12.7. The molecule has 0 saturated heterocycles. The van der Waals surface area contributed by atoms with E-state index in [-0.39, 0.29) is 5.97 Å². The monoisotopic (exact) mass is 721 g/mol. The second kappa shape index (κ2) is 20.2. The Bertz CT molecular complexity index is 1200. The smallest absolute Gasteiger partial charge is 0.305 e. The number of carbonyl (C=O) groups excluding carboxylic acids is 1. The number of nitrogen functional groups attached to an aromatic ring is 2. The van der Waals surface area contributed by atoms with Crippen LogP contribution in [0.2, 0.25) is 0 Å². The van der Waals surface area contributed by atoms with Crippen LogP contribution in [0.4, 0.5) is 11.4 Å². The minimum absolute atomic E-state index is 0.0350. The maximum atomic E-state index is 12.7. The van der Waals surface area contributed by atoms with E-state index in [2.05, 4.69) is 27.7 Å². The summed E-state index contributed by atoms with van der Waals surface area (Å²) in [6, 6.07) is 5.81. The summed E-state index contributed by atoms with van der Waals surface area (Å²) in [5.74, 6) is 4.73. The summed E-state index contributed by atoms with van der Waals surface area (Å²) < 4.78 is 12.2. The van der Waals surface area contributed by atoms with Gasteiger partial charge in [-0.2, -0.15) is 0 Å². The van der Waals surface area contributed by atoms with Gasteiger partial charge >= 0.3 is 5.97 Å². The highest BCUT2D eigenvalue weighted by Crippen LogP contribution is 2.68. The first-order valence-corrected chi connectivity index (χ1v) is 22.6. The molecule has 0 bridgehead atoms. The zero-order valence-electron chi connectivity index (χ0n) is 34.2. The number of unbranched alkanes of at least 4 members (excludes halogenated alkanes) is 13. The standard InChI is InChI=1S/C47H80N2O3/c1-5-6-7-8-9-10-11-12-13-14-15-16-17-18-29-51-45(50)24-19-35(2)42-22-23-43-41-21-20-37-32-40(52-34-36-30-38(48)33-39(49)31-36)25-27-46(37,3)44(41)26-28-47(42,43)4/h30-31,33,35,37,40-44H,5-29,32,34,48-49H2,1-4H3/t35-,37?,40?,41+,42-,43+,44+,46+,47-/m1/s1. The Labute approximate surface area is 319 Å². The van der Waals surface area contributed by atoms with Gasteiger partial charge in [0.2, 0.25) is 0 Å². The molecule has 1 aromatic rings. The normalized spacial score (nSPS) is 31.8. The van der Waals surface area contributed by atoms with Gasteiger partial charge in [-0.3, -0.25) is 4.79 Å². The molecule has 0 spiro atoms. The van der Waals surface area contributed by atoms with Crippen LogP contribution in [0.3, 0.4) is 0 Å². The fraction of sp³-hybridized carbons (Fsp3) is 0.851. The summed E-state index contributed by atoms with van der Waals surface area (Å²) in [6.45, 7) is 11.3. The van der Waals surface area contributed by atoms with Gasteiger partial charge in [0, 0.05) is 17.8 Å². The molecule has 0 heterocycles. The van der Waals surface area contributed by atoms with Gasteiger partial charge in [-0.25, -0.2) is 0 Å². The number of hydrogen-bond acceptors (Lipinski definition) is 5. The molecule has 5 heteroatoms. The van der Waals surface area contributed by atoms with Gasteiger partial charge in [-0.15, -0.1) is 0 Å². The third-order valence-corrected chi connectivity index (χ3v) is 15.5. The fourth-order valence-corrected chi connectivity index (χ4v) is 12.5. The third kappa shape index (κ3) is 10.9. The number of benzene rings is 1. The molecule has 0 amide bonds. The first kappa shape index (κ1) is 41.4.